The van der Waals surface area contributed by atoms with Crippen molar-refractivity contribution >= 4 is 5.82 Å². The molecule has 114 valence electrons. The first kappa shape index (κ1) is 13.4. The van der Waals surface area contributed by atoms with E-state index in [4.69, 9.17) is 0 Å². The number of rotatable bonds is 3. The van der Waals surface area contributed by atoms with E-state index in [2.05, 4.69) is 20.0 Å². The van der Waals surface area contributed by atoms with Crippen LogP contribution in [-0.2, 0) is 19.4 Å². The number of aromatic nitrogens is 4. The third-order valence-electron chi connectivity index (χ3n) is 4.50. The van der Waals surface area contributed by atoms with Crippen molar-refractivity contribution in [3.63, 3.8) is 0 Å². The average Bonchev–Trinajstić information content (AvgIpc) is 2.90. The molecule has 2 aromatic heterocycles. The van der Waals surface area contributed by atoms with Gasteiger partial charge in [-0.1, -0.05) is 0 Å². The molecular formula is C16H19N5O. The normalized spacial score (nSPS) is 17.4. The Morgan fingerprint density at radius 2 is 2.09 bits per heavy atom. The molecule has 0 aromatic carbocycles. The first-order valence-corrected chi connectivity index (χ1v) is 7.82. The fraction of sp³-hybridized carbons (Fsp3) is 0.500. The molecule has 4 rings (SSSR count). The second-order valence-electron chi connectivity index (χ2n) is 6.28. The zero-order valence-electron chi connectivity index (χ0n) is 12.7. The van der Waals surface area contributed by atoms with E-state index in [0.29, 0.717) is 12.5 Å². The minimum atomic E-state index is 0.0363. The lowest BCUT2D eigenvalue weighted by Gasteiger charge is -2.39. The summed E-state index contributed by atoms with van der Waals surface area (Å²) in [5.74, 6) is 1.36. The van der Waals surface area contributed by atoms with E-state index in [1.807, 2.05) is 13.1 Å². The first-order valence-electron chi connectivity index (χ1n) is 7.82. The van der Waals surface area contributed by atoms with E-state index >= 15 is 0 Å². The van der Waals surface area contributed by atoms with Gasteiger partial charge in [0.2, 0.25) is 0 Å². The van der Waals surface area contributed by atoms with Gasteiger partial charge in [-0.25, -0.2) is 9.67 Å². The molecule has 0 atom stereocenters. The number of nitrogens with zero attached hydrogens (tertiary/aromatic N) is 5. The lowest BCUT2D eigenvalue weighted by molar-refractivity contribution is 0.331. The highest BCUT2D eigenvalue weighted by Gasteiger charge is 2.29. The maximum atomic E-state index is 12.1. The molecule has 6 nitrogen and oxygen atoms in total. The predicted molar refractivity (Wildman–Crippen MR) is 83.0 cm³/mol. The van der Waals surface area contributed by atoms with E-state index in [1.165, 1.54) is 0 Å². The van der Waals surface area contributed by atoms with E-state index < -0.39 is 0 Å². The maximum Gasteiger partial charge on any atom is 0.267 e. The number of anilines is 1. The Morgan fingerprint density at radius 1 is 1.23 bits per heavy atom. The molecule has 22 heavy (non-hydrogen) atoms. The van der Waals surface area contributed by atoms with Crippen molar-refractivity contribution in [1.29, 1.82) is 0 Å². The van der Waals surface area contributed by atoms with Gasteiger partial charge in [0.25, 0.3) is 5.56 Å². The van der Waals surface area contributed by atoms with E-state index in [0.717, 1.165) is 55.1 Å². The molecule has 0 saturated carbocycles. The zero-order valence-corrected chi connectivity index (χ0v) is 12.7. The van der Waals surface area contributed by atoms with Crippen molar-refractivity contribution in [2.75, 3.05) is 18.0 Å². The van der Waals surface area contributed by atoms with Crippen molar-refractivity contribution in [2.45, 2.75) is 32.7 Å². The van der Waals surface area contributed by atoms with Crippen molar-refractivity contribution in [3.05, 3.63) is 45.8 Å². The lowest BCUT2D eigenvalue weighted by atomic mass is 10.0. The molecule has 0 bridgehead atoms. The third kappa shape index (κ3) is 2.38. The highest BCUT2D eigenvalue weighted by molar-refractivity contribution is 5.39. The summed E-state index contributed by atoms with van der Waals surface area (Å²) < 4.78 is 1.65. The predicted octanol–water partition coefficient (Wildman–Crippen LogP) is 0.967. The van der Waals surface area contributed by atoms with Crippen LogP contribution in [-0.4, -0.2) is 32.8 Å². The molecular weight excluding hydrogens is 278 g/mol. The SMILES string of the molecule is Cc1cnc(N2CC(Cn3nc4c(cc3=O)CCC4)C2)cn1. The molecule has 1 saturated heterocycles. The average molecular weight is 297 g/mol. The van der Waals surface area contributed by atoms with Crippen LogP contribution in [0, 0.1) is 12.8 Å². The van der Waals surface area contributed by atoms with Crippen LogP contribution in [0.2, 0.25) is 0 Å². The number of fused-ring (bicyclic) bond motifs is 1. The molecule has 3 heterocycles. The van der Waals surface area contributed by atoms with Gasteiger partial charge in [0.05, 0.1) is 30.3 Å². The van der Waals surface area contributed by atoms with Gasteiger partial charge in [0.15, 0.2) is 0 Å². The van der Waals surface area contributed by atoms with Crippen LogP contribution in [0.3, 0.4) is 0 Å². The molecule has 1 aliphatic carbocycles. The number of hydrogen-bond acceptors (Lipinski definition) is 5. The van der Waals surface area contributed by atoms with Gasteiger partial charge in [0, 0.05) is 25.1 Å². The van der Waals surface area contributed by atoms with Gasteiger partial charge in [-0.2, -0.15) is 5.10 Å². The molecule has 1 aliphatic heterocycles. The molecule has 0 unspecified atom stereocenters. The quantitative estimate of drug-likeness (QED) is 0.844. The van der Waals surface area contributed by atoms with E-state index in [-0.39, 0.29) is 5.56 Å². The van der Waals surface area contributed by atoms with Gasteiger partial charge in [-0.15, -0.1) is 0 Å². The first-order chi connectivity index (χ1) is 10.7. The van der Waals surface area contributed by atoms with Gasteiger partial charge in [0.1, 0.15) is 5.82 Å². The molecule has 6 heteroatoms. The molecule has 0 radical (unpaired) electrons. The van der Waals surface area contributed by atoms with Crippen LogP contribution in [0.25, 0.3) is 0 Å². The van der Waals surface area contributed by atoms with Gasteiger partial charge >= 0.3 is 0 Å². The van der Waals surface area contributed by atoms with Crippen LogP contribution in [0.15, 0.2) is 23.3 Å². The molecule has 2 aliphatic rings. The highest BCUT2D eigenvalue weighted by Crippen LogP contribution is 2.23. The second kappa shape index (κ2) is 5.19. The summed E-state index contributed by atoms with van der Waals surface area (Å²) in [6, 6.07) is 1.78. The summed E-state index contributed by atoms with van der Waals surface area (Å²) in [5.41, 5.74) is 3.22. The molecule has 0 spiro atoms. The van der Waals surface area contributed by atoms with Gasteiger partial charge < -0.3 is 4.90 Å². The van der Waals surface area contributed by atoms with E-state index in [9.17, 15) is 4.79 Å². The van der Waals surface area contributed by atoms with Crippen molar-refractivity contribution in [2.24, 2.45) is 5.92 Å². The van der Waals surface area contributed by atoms with Crippen LogP contribution < -0.4 is 10.5 Å². The minimum absolute atomic E-state index is 0.0363. The summed E-state index contributed by atoms with van der Waals surface area (Å²) >= 11 is 0. The Kier molecular flexibility index (Phi) is 3.17. The van der Waals surface area contributed by atoms with Crippen molar-refractivity contribution < 1.29 is 0 Å². The van der Waals surface area contributed by atoms with Crippen LogP contribution in [0.5, 0.6) is 0 Å². The topological polar surface area (TPSA) is 63.9 Å². The Morgan fingerprint density at radius 3 is 2.86 bits per heavy atom. The zero-order chi connectivity index (χ0) is 15.1. The van der Waals surface area contributed by atoms with Crippen LogP contribution in [0.4, 0.5) is 5.82 Å². The lowest BCUT2D eigenvalue weighted by Crippen LogP contribution is -2.50. The second-order valence-corrected chi connectivity index (χ2v) is 6.28. The minimum Gasteiger partial charge on any atom is -0.355 e. The Hall–Kier alpha value is -2.24. The Balaban J connectivity index is 1.42. The number of aryl methyl sites for hydroxylation is 3. The molecule has 1 fully saturated rings. The Bertz CT molecular complexity index is 746. The standard InChI is InChI=1S/C16H19N5O/c1-11-6-18-15(7-17-11)20-8-12(9-20)10-21-16(22)5-13-3-2-4-14(13)19-21/h5-7,12H,2-4,8-10H2,1H3. The molecule has 0 N–H and O–H groups in total. The van der Waals surface area contributed by atoms with Crippen LogP contribution in [0.1, 0.15) is 23.4 Å². The van der Waals surface area contributed by atoms with Crippen molar-refractivity contribution in [1.82, 2.24) is 19.7 Å². The smallest absolute Gasteiger partial charge is 0.267 e. The van der Waals surface area contributed by atoms with Gasteiger partial charge in [-0.3, -0.25) is 9.78 Å². The summed E-state index contributed by atoms with van der Waals surface area (Å²) in [4.78, 5) is 23.0. The summed E-state index contributed by atoms with van der Waals surface area (Å²) in [6.07, 6.45) is 6.72. The van der Waals surface area contributed by atoms with Crippen LogP contribution >= 0.6 is 0 Å². The van der Waals surface area contributed by atoms with Gasteiger partial charge in [-0.05, 0) is 31.7 Å². The van der Waals surface area contributed by atoms with Crippen molar-refractivity contribution in [3.8, 4) is 0 Å². The summed E-state index contributed by atoms with van der Waals surface area (Å²) in [7, 11) is 0. The summed E-state index contributed by atoms with van der Waals surface area (Å²) in [6.45, 7) is 4.44. The molecule has 2 aromatic rings. The Labute approximate surface area is 128 Å². The fourth-order valence-electron chi connectivity index (χ4n) is 3.24. The fourth-order valence-corrected chi connectivity index (χ4v) is 3.24. The largest absolute Gasteiger partial charge is 0.355 e. The summed E-state index contributed by atoms with van der Waals surface area (Å²) in [5, 5.41) is 4.54. The van der Waals surface area contributed by atoms with E-state index in [1.54, 1.807) is 16.9 Å². The molecule has 0 amide bonds. The maximum absolute atomic E-state index is 12.1. The monoisotopic (exact) mass is 297 g/mol. The number of hydrogen-bond donors (Lipinski definition) is 0. The highest BCUT2D eigenvalue weighted by atomic mass is 16.1. The third-order valence-corrected chi connectivity index (χ3v) is 4.50.